The lowest BCUT2D eigenvalue weighted by atomic mass is 10.1. The molecule has 1 fully saturated rings. The van der Waals surface area contributed by atoms with Gasteiger partial charge in [0.05, 0.1) is 38.1 Å². The minimum absolute atomic E-state index is 0.0189. The Hall–Kier alpha value is -4.48. The van der Waals surface area contributed by atoms with Gasteiger partial charge in [-0.3, -0.25) is 23.7 Å². The summed E-state index contributed by atoms with van der Waals surface area (Å²) < 4.78 is 21.2. The maximum Gasteiger partial charge on any atom is 0.224 e. The molecule has 4 aromatic rings. The summed E-state index contributed by atoms with van der Waals surface area (Å²) >= 11 is 0. The largest absolute Gasteiger partial charge is 0.493 e. The fourth-order valence-electron chi connectivity index (χ4n) is 6.30. The van der Waals surface area contributed by atoms with E-state index in [1.807, 2.05) is 43.1 Å². The van der Waals surface area contributed by atoms with Gasteiger partial charge in [-0.1, -0.05) is 6.07 Å². The fraction of sp³-hybridized carbons (Fsp3) is 0.412. The van der Waals surface area contributed by atoms with E-state index in [1.165, 1.54) is 0 Å². The molecule has 0 spiro atoms. The second kappa shape index (κ2) is 13.3. The van der Waals surface area contributed by atoms with Gasteiger partial charge in [-0.15, -0.1) is 0 Å². The van der Waals surface area contributed by atoms with Crippen LogP contribution in [0.3, 0.4) is 0 Å². The van der Waals surface area contributed by atoms with Crippen LogP contribution in [-0.4, -0.2) is 87.4 Å². The van der Waals surface area contributed by atoms with Crippen LogP contribution in [0.2, 0.25) is 0 Å². The summed E-state index contributed by atoms with van der Waals surface area (Å²) in [7, 11) is 1.62. The van der Waals surface area contributed by atoms with E-state index in [1.54, 1.807) is 24.9 Å². The number of carbonyl (C=O) groups excluding carboxylic acids is 2. The topological polar surface area (TPSA) is 104 Å². The number of benzene rings is 2. The molecule has 2 aliphatic heterocycles. The lowest BCUT2D eigenvalue weighted by Gasteiger charge is -2.27. The van der Waals surface area contributed by atoms with Gasteiger partial charge in [0.25, 0.3) is 0 Å². The average Bonchev–Trinajstić information content (AvgIpc) is 3.63. The first-order chi connectivity index (χ1) is 21.8. The van der Waals surface area contributed by atoms with Crippen LogP contribution in [0, 0.1) is 13.8 Å². The van der Waals surface area contributed by atoms with Gasteiger partial charge in [-0.25, -0.2) is 4.98 Å². The van der Waals surface area contributed by atoms with Crippen LogP contribution >= 0.6 is 0 Å². The summed E-state index contributed by atoms with van der Waals surface area (Å²) in [5.74, 6) is 1.96. The highest BCUT2D eigenvalue weighted by Crippen LogP contribution is 2.33. The number of carbonyl (C=O) groups is 2. The first-order valence-corrected chi connectivity index (χ1v) is 15.4. The third-order valence-corrected chi connectivity index (χ3v) is 8.50. The van der Waals surface area contributed by atoms with E-state index < -0.39 is 0 Å². The number of methoxy groups -OCH3 is 1. The fourth-order valence-corrected chi connectivity index (χ4v) is 6.30. The summed E-state index contributed by atoms with van der Waals surface area (Å²) in [5.41, 5.74) is 6.16. The summed E-state index contributed by atoms with van der Waals surface area (Å²) in [5, 5.41) is 4.54. The van der Waals surface area contributed by atoms with Gasteiger partial charge in [0.1, 0.15) is 12.4 Å². The predicted molar refractivity (Wildman–Crippen MR) is 169 cm³/mol. The first kappa shape index (κ1) is 30.5. The number of imidazole rings is 1. The molecule has 0 radical (unpaired) electrons. The number of morpholine rings is 1. The number of fused-ring (bicyclic) bond motifs is 7. The molecule has 236 valence electrons. The standard InChI is InChI=1S/C34H40N6O5/c1-23-33(25(3)41)24(2)40(36-23)9-7-32(42)38-13-16-45-31-20-28(5-6-30(31)43-4)34-35-8-10-39(34)29-18-26(17-27(19-29)22-38)21-37-11-14-44-15-12-37/h5-6,8,10,17-20H,7,9,11-16,21-22H2,1-4H3. The molecule has 0 saturated carbocycles. The van der Waals surface area contributed by atoms with Crippen LogP contribution in [0.4, 0.5) is 0 Å². The Balaban J connectivity index is 1.35. The summed E-state index contributed by atoms with van der Waals surface area (Å²) in [6.07, 6.45) is 4.00. The van der Waals surface area contributed by atoms with Crippen molar-refractivity contribution < 1.29 is 23.8 Å². The average molecular weight is 613 g/mol. The molecule has 0 N–H and O–H groups in total. The van der Waals surface area contributed by atoms with E-state index in [-0.39, 0.29) is 24.7 Å². The second-order valence-electron chi connectivity index (χ2n) is 11.6. The molecule has 11 nitrogen and oxygen atoms in total. The third kappa shape index (κ3) is 6.64. The Morgan fingerprint density at radius 1 is 1.02 bits per heavy atom. The van der Waals surface area contributed by atoms with Gasteiger partial charge in [0, 0.05) is 68.5 Å². The normalized spacial score (nSPS) is 15.3. The van der Waals surface area contributed by atoms with E-state index >= 15 is 0 Å². The van der Waals surface area contributed by atoms with Crippen molar-refractivity contribution in [3.05, 3.63) is 76.9 Å². The van der Waals surface area contributed by atoms with Crippen LogP contribution in [0.1, 0.15) is 46.2 Å². The third-order valence-electron chi connectivity index (χ3n) is 8.50. The minimum atomic E-state index is -0.0213. The minimum Gasteiger partial charge on any atom is -0.493 e. The van der Waals surface area contributed by atoms with E-state index in [2.05, 4.69) is 32.8 Å². The number of nitrogens with zero attached hydrogens (tertiary/aromatic N) is 6. The number of ketones is 1. The molecule has 2 aromatic carbocycles. The number of aryl methyl sites for hydroxylation is 2. The first-order valence-electron chi connectivity index (χ1n) is 15.4. The van der Waals surface area contributed by atoms with E-state index in [4.69, 9.17) is 19.2 Å². The van der Waals surface area contributed by atoms with E-state index in [9.17, 15) is 9.59 Å². The van der Waals surface area contributed by atoms with Crippen molar-refractivity contribution in [2.75, 3.05) is 46.6 Å². The highest BCUT2D eigenvalue weighted by atomic mass is 16.5. The second-order valence-corrected chi connectivity index (χ2v) is 11.6. The highest BCUT2D eigenvalue weighted by Gasteiger charge is 2.21. The van der Waals surface area contributed by atoms with Crippen LogP contribution in [0.5, 0.6) is 11.5 Å². The number of rotatable bonds is 7. The predicted octanol–water partition coefficient (Wildman–Crippen LogP) is 4.21. The number of ether oxygens (including phenoxy) is 3. The smallest absolute Gasteiger partial charge is 0.224 e. The Labute approximate surface area is 263 Å². The van der Waals surface area contributed by atoms with Crippen LogP contribution < -0.4 is 9.47 Å². The van der Waals surface area contributed by atoms with Gasteiger partial charge in [0.2, 0.25) is 5.91 Å². The molecule has 0 unspecified atom stereocenters. The maximum atomic E-state index is 13.8. The van der Waals surface area contributed by atoms with Gasteiger partial charge < -0.3 is 19.1 Å². The van der Waals surface area contributed by atoms with Crippen LogP contribution in [0.15, 0.2) is 48.8 Å². The quantitative estimate of drug-likeness (QED) is 0.286. The van der Waals surface area contributed by atoms with Crippen LogP contribution in [0.25, 0.3) is 17.1 Å². The Bertz CT molecular complexity index is 1700. The lowest BCUT2D eigenvalue weighted by molar-refractivity contribution is -0.132. The number of hydrogen-bond donors (Lipinski definition) is 0. The van der Waals surface area contributed by atoms with Crippen molar-refractivity contribution in [1.82, 2.24) is 29.1 Å². The van der Waals surface area contributed by atoms with Gasteiger partial charge >= 0.3 is 0 Å². The van der Waals surface area contributed by atoms with Crippen LogP contribution in [-0.2, 0) is 29.2 Å². The number of Topliss-reactive ketones (excluding diaryl/α,β-unsaturated/α-hetero) is 1. The number of hydrogen-bond acceptors (Lipinski definition) is 8. The summed E-state index contributed by atoms with van der Waals surface area (Å²) in [6.45, 7) is 10.7. The Kier molecular flexibility index (Phi) is 8.99. The SMILES string of the molecule is COc1ccc2cc1OCCN(C(=O)CCn1nc(C)c(C(C)=O)c1C)Cc1cc(CN3CCOCC3)cc(c1)-n1ccnc1-2. The zero-order valence-electron chi connectivity index (χ0n) is 26.4. The molecule has 11 heteroatoms. The van der Waals surface area contributed by atoms with Crippen molar-refractivity contribution in [3.63, 3.8) is 0 Å². The molecule has 4 heterocycles. The van der Waals surface area contributed by atoms with E-state index in [0.29, 0.717) is 42.4 Å². The maximum absolute atomic E-state index is 13.8. The number of amides is 1. The monoisotopic (exact) mass is 612 g/mol. The molecule has 2 aromatic heterocycles. The highest BCUT2D eigenvalue weighted by molar-refractivity contribution is 5.96. The molecule has 1 amide bonds. The lowest BCUT2D eigenvalue weighted by Crippen LogP contribution is -2.36. The van der Waals surface area contributed by atoms with Gasteiger partial charge in [0.15, 0.2) is 17.3 Å². The van der Waals surface area contributed by atoms with Crippen molar-refractivity contribution >= 4 is 11.7 Å². The molecule has 45 heavy (non-hydrogen) atoms. The van der Waals surface area contributed by atoms with Crippen molar-refractivity contribution in [2.24, 2.45) is 0 Å². The van der Waals surface area contributed by atoms with E-state index in [0.717, 1.165) is 66.7 Å². The molecule has 1 saturated heterocycles. The zero-order valence-corrected chi connectivity index (χ0v) is 26.4. The molecule has 2 aliphatic rings. The molecular formula is C34H40N6O5. The van der Waals surface area contributed by atoms with Crippen molar-refractivity contribution in [1.29, 1.82) is 0 Å². The number of aromatic nitrogens is 4. The summed E-state index contributed by atoms with van der Waals surface area (Å²) in [6, 6.07) is 12.3. The zero-order chi connectivity index (χ0) is 31.5. The molecule has 0 atom stereocenters. The van der Waals surface area contributed by atoms with Gasteiger partial charge in [-0.05, 0) is 62.2 Å². The molecule has 6 rings (SSSR count). The van der Waals surface area contributed by atoms with Crippen molar-refractivity contribution in [3.8, 4) is 28.6 Å². The molecule has 4 bridgehead atoms. The Morgan fingerprint density at radius 3 is 2.60 bits per heavy atom. The summed E-state index contributed by atoms with van der Waals surface area (Å²) in [4.78, 5) is 34.9. The van der Waals surface area contributed by atoms with Gasteiger partial charge in [-0.2, -0.15) is 5.10 Å². The van der Waals surface area contributed by atoms with Crippen molar-refractivity contribution in [2.45, 2.75) is 46.8 Å². The molecular weight excluding hydrogens is 572 g/mol. The molecule has 0 aliphatic carbocycles. The Morgan fingerprint density at radius 2 is 1.84 bits per heavy atom.